The van der Waals surface area contributed by atoms with Crippen LogP contribution in [0.3, 0.4) is 0 Å². The highest BCUT2D eigenvalue weighted by Crippen LogP contribution is 2.22. The molecular formula is C14H19N3O5. The van der Waals surface area contributed by atoms with Gasteiger partial charge in [-0.05, 0) is 12.0 Å². The fourth-order valence-electron chi connectivity index (χ4n) is 1.87. The van der Waals surface area contributed by atoms with Crippen molar-refractivity contribution in [1.29, 1.82) is 0 Å². The predicted molar refractivity (Wildman–Crippen MR) is 79.1 cm³/mol. The maximum Gasteiger partial charge on any atom is 0.270 e. The van der Waals surface area contributed by atoms with E-state index in [1.165, 1.54) is 25.1 Å². The molecule has 0 heterocycles. The molecule has 1 aromatic rings. The third kappa shape index (κ3) is 4.72. The Hall–Kier alpha value is -2.64. The lowest BCUT2D eigenvalue weighted by Gasteiger charge is -2.21. The van der Waals surface area contributed by atoms with Crippen molar-refractivity contribution in [3.63, 3.8) is 0 Å². The van der Waals surface area contributed by atoms with Crippen LogP contribution in [-0.2, 0) is 16.1 Å². The van der Waals surface area contributed by atoms with E-state index in [0.717, 1.165) is 0 Å². The highest BCUT2D eigenvalue weighted by atomic mass is 16.6. The summed E-state index contributed by atoms with van der Waals surface area (Å²) in [6.07, 6.45) is 0. The first-order valence-corrected chi connectivity index (χ1v) is 6.73. The Kier molecular flexibility index (Phi) is 5.85. The zero-order valence-electron chi connectivity index (χ0n) is 12.6. The third-order valence-electron chi connectivity index (χ3n) is 3.03. The largest absolute Gasteiger partial charge is 0.508 e. The minimum absolute atomic E-state index is 0.0743. The van der Waals surface area contributed by atoms with Gasteiger partial charge >= 0.3 is 0 Å². The van der Waals surface area contributed by atoms with Gasteiger partial charge in [0.05, 0.1) is 4.92 Å². The van der Waals surface area contributed by atoms with E-state index in [1.807, 2.05) is 0 Å². The molecule has 0 aliphatic rings. The number of aromatic hydroxyl groups is 1. The van der Waals surface area contributed by atoms with Crippen LogP contribution in [0, 0.1) is 16.0 Å². The van der Waals surface area contributed by atoms with Crippen molar-refractivity contribution >= 4 is 17.5 Å². The fourth-order valence-corrected chi connectivity index (χ4v) is 1.87. The van der Waals surface area contributed by atoms with E-state index in [-0.39, 0.29) is 35.4 Å². The van der Waals surface area contributed by atoms with Gasteiger partial charge in [0, 0.05) is 31.2 Å². The molecule has 0 radical (unpaired) electrons. The summed E-state index contributed by atoms with van der Waals surface area (Å²) in [5.41, 5.74) is 0.0530. The number of nitrogens with one attached hydrogen (secondary N) is 2. The molecule has 8 heteroatoms. The van der Waals surface area contributed by atoms with Gasteiger partial charge in [-0.2, -0.15) is 0 Å². The maximum absolute atomic E-state index is 12.1. The number of nitro groups is 1. The third-order valence-corrected chi connectivity index (χ3v) is 3.03. The van der Waals surface area contributed by atoms with Crippen LogP contribution in [0.15, 0.2) is 18.2 Å². The van der Waals surface area contributed by atoms with Gasteiger partial charge in [0.2, 0.25) is 11.8 Å². The molecular weight excluding hydrogens is 290 g/mol. The van der Waals surface area contributed by atoms with Crippen molar-refractivity contribution in [2.75, 3.05) is 0 Å². The molecule has 1 atom stereocenters. The van der Waals surface area contributed by atoms with Crippen LogP contribution in [0.5, 0.6) is 5.75 Å². The topological polar surface area (TPSA) is 122 Å². The first-order chi connectivity index (χ1) is 10.2. The van der Waals surface area contributed by atoms with E-state index in [2.05, 4.69) is 10.6 Å². The van der Waals surface area contributed by atoms with E-state index in [9.17, 15) is 24.8 Å². The molecule has 1 rings (SSSR count). The zero-order valence-corrected chi connectivity index (χ0v) is 12.6. The van der Waals surface area contributed by atoms with E-state index in [4.69, 9.17) is 0 Å². The number of hydrogen-bond donors (Lipinski definition) is 3. The summed E-state index contributed by atoms with van der Waals surface area (Å²) in [4.78, 5) is 33.3. The number of carbonyl (C=O) groups excluding carboxylic acids is 2. The van der Waals surface area contributed by atoms with Gasteiger partial charge in [-0.15, -0.1) is 0 Å². The Morgan fingerprint density at radius 3 is 2.50 bits per heavy atom. The summed E-state index contributed by atoms with van der Waals surface area (Å²) >= 11 is 0. The van der Waals surface area contributed by atoms with Gasteiger partial charge in [-0.1, -0.05) is 13.8 Å². The maximum atomic E-state index is 12.1. The van der Waals surface area contributed by atoms with Crippen LogP contribution < -0.4 is 10.6 Å². The molecule has 0 fully saturated rings. The van der Waals surface area contributed by atoms with Crippen molar-refractivity contribution < 1.29 is 19.6 Å². The van der Waals surface area contributed by atoms with Gasteiger partial charge in [0.15, 0.2) is 0 Å². The molecule has 3 N–H and O–H groups in total. The molecule has 0 unspecified atom stereocenters. The molecule has 0 aliphatic heterocycles. The lowest BCUT2D eigenvalue weighted by molar-refractivity contribution is -0.384. The number of non-ortho nitro benzene ring substituents is 1. The number of carbonyl (C=O) groups is 2. The second-order valence-electron chi connectivity index (χ2n) is 5.21. The van der Waals surface area contributed by atoms with Crippen LogP contribution in [-0.4, -0.2) is 27.9 Å². The zero-order chi connectivity index (χ0) is 16.9. The number of phenols is 1. The number of amides is 2. The van der Waals surface area contributed by atoms with Gasteiger partial charge < -0.3 is 15.7 Å². The molecule has 0 bridgehead atoms. The number of nitrogens with zero attached hydrogens (tertiary/aromatic N) is 1. The average Bonchev–Trinajstić information content (AvgIpc) is 2.42. The summed E-state index contributed by atoms with van der Waals surface area (Å²) in [6, 6.07) is 2.86. The number of phenolic OH excluding ortho intramolecular Hbond substituents is 1. The summed E-state index contributed by atoms with van der Waals surface area (Å²) in [6.45, 7) is 4.81. The van der Waals surface area contributed by atoms with Crippen LogP contribution in [0.4, 0.5) is 5.69 Å². The molecule has 0 saturated heterocycles. The Labute approximate surface area is 127 Å². The summed E-state index contributed by atoms with van der Waals surface area (Å²) in [5, 5.41) is 25.5. The van der Waals surface area contributed by atoms with Crippen molar-refractivity contribution in [2.45, 2.75) is 33.4 Å². The molecule has 1 aromatic carbocycles. The van der Waals surface area contributed by atoms with Crippen molar-refractivity contribution in [3.8, 4) is 5.75 Å². The van der Waals surface area contributed by atoms with Gasteiger partial charge in [-0.25, -0.2) is 0 Å². The van der Waals surface area contributed by atoms with Gasteiger partial charge in [0.25, 0.3) is 5.69 Å². The lowest BCUT2D eigenvalue weighted by Crippen LogP contribution is -2.48. The second kappa shape index (κ2) is 7.39. The number of nitro benzene ring substituents is 1. The first kappa shape index (κ1) is 17.4. The second-order valence-corrected chi connectivity index (χ2v) is 5.21. The monoisotopic (exact) mass is 309 g/mol. The summed E-state index contributed by atoms with van der Waals surface area (Å²) < 4.78 is 0. The highest BCUT2D eigenvalue weighted by Gasteiger charge is 2.23. The molecule has 2 amide bonds. The molecule has 8 nitrogen and oxygen atoms in total. The normalized spacial score (nSPS) is 11.8. The number of rotatable bonds is 6. The fraction of sp³-hybridized carbons (Fsp3) is 0.429. The first-order valence-electron chi connectivity index (χ1n) is 6.73. The van der Waals surface area contributed by atoms with Gasteiger partial charge in [-0.3, -0.25) is 19.7 Å². The Bertz CT molecular complexity index is 586. The average molecular weight is 309 g/mol. The van der Waals surface area contributed by atoms with E-state index in [1.54, 1.807) is 13.8 Å². The molecule has 0 aliphatic carbocycles. The van der Waals surface area contributed by atoms with Crippen molar-refractivity contribution in [1.82, 2.24) is 10.6 Å². The van der Waals surface area contributed by atoms with Crippen LogP contribution in [0.1, 0.15) is 26.3 Å². The standard InChI is InChI=1S/C14H19N3O5/c1-8(2)13(16-9(3)18)14(20)15-7-10-6-11(17(21)22)4-5-12(10)19/h4-6,8,13,19H,7H2,1-3H3,(H,15,20)(H,16,18)/t13-/m0/s1. The van der Waals surface area contributed by atoms with Crippen molar-refractivity contribution in [2.24, 2.45) is 5.92 Å². The Balaban J connectivity index is 2.80. The van der Waals surface area contributed by atoms with Crippen LogP contribution in [0.2, 0.25) is 0 Å². The van der Waals surface area contributed by atoms with E-state index < -0.39 is 16.9 Å². The van der Waals surface area contributed by atoms with E-state index >= 15 is 0 Å². The number of hydrogen-bond acceptors (Lipinski definition) is 5. The molecule has 22 heavy (non-hydrogen) atoms. The summed E-state index contributed by atoms with van der Waals surface area (Å²) in [5.74, 6) is -1.02. The molecule has 0 saturated carbocycles. The lowest BCUT2D eigenvalue weighted by atomic mass is 10.0. The minimum Gasteiger partial charge on any atom is -0.508 e. The van der Waals surface area contributed by atoms with E-state index in [0.29, 0.717) is 0 Å². The van der Waals surface area contributed by atoms with Crippen molar-refractivity contribution in [3.05, 3.63) is 33.9 Å². The quantitative estimate of drug-likeness (QED) is 0.536. The Morgan fingerprint density at radius 1 is 1.36 bits per heavy atom. The van der Waals surface area contributed by atoms with Crippen LogP contribution >= 0.6 is 0 Å². The van der Waals surface area contributed by atoms with Gasteiger partial charge in [0.1, 0.15) is 11.8 Å². The molecule has 120 valence electrons. The van der Waals surface area contributed by atoms with Crippen LogP contribution in [0.25, 0.3) is 0 Å². The SMILES string of the molecule is CC(=O)N[C@H](C(=O)NCc1cc([N+](=O)[O-])ccc1O)C(C)C. The molecule has 0 aromatic heterocycles. The highest BCUT2D eigenvalue weighted by molar-refractivity contribution is 5.87. The minimum atomic E-state index is -0.710. The summed E-state index contributed by atoms with van der Waals surface area (Å²) in [7, 11) is 0. The predicted octanol–water partition coefficient (Wildman–Crippen LogP) is 1.08. The smallest absolute Gasteiger partial charge is 0.270 e. The number of benzene rings is 1. The Morgan fingerprint density at radius 2 is 2.00 bits per heavy atom. The molecule has 0 spiro atoms.